The molecule has 2 aliphatic rings. The highest BCUT2D eigenvalue weighted by Gasteiger charge is 2.26. The van der Waals surface area contributed by atoms with Crippen molar-refractivity contribution in [1.29, 1.82) is 0 Å². The van der Waals surface area contributed by atoms with Crippen LogP contribution < -0.4 is 14.3 Å². The molecule has 3 heterocycles. The van der Waals surface area contributed by atoms with Crippen molar-refractivity contribution in [3.8, 4) is 22.8 Å². The molecule has 2 aliphatic heterocycles. The first-order valence-electron chi connectivity index (χ1n) is 12.1. The average Bonchev–Trinajstić information content (AvgIpc) is 3.59. The van der Waals surface area contributed by atoms with E-state index in [-0.39, 0.29) is 11.7 Å². The summed E-state index contributed by atoms with van der Waals surface area (Å²) in [5.74, 6) is 1.39. The Morgan fingerprint density at radius 2 is 1.74 bits per heavy atom. The van der Waals surface area contributed by atoms with Gasteiger partial charge in [-0.3, -0.25) is 0 Å². The second-order valence-corrected chi connectivity index (χ2v) is 12.4. The minimum absolute atomic E-state index is 0.206. The smallest absolute Gasteiger partial charge is 0.243 e. The van der Waals surface area contributed by atoms with E-state index in [1.807, 2.05) is 47.8 Å². The van der Waals surface area contributed by atoms with E-state index in [1.54, 1.807) is 35.2 Å². The van der Waals surface area contributed by atoms with Crippen molar-refractivity contribution in [3.05, 3.63) is 86.9 Å². The van der Waals surface area contributed by atoms with Gasteiger partial charge in [-0.1, -0.05) is 28.1 Å². The van der Waals surface area contributed by atoms with E-state index in [0.717, 1.165) is 21.3 Å². The Hall–Kier alpha value is -3.29. The monoisotopic (exact) mass is 626 g/mol. The van der Waals surface area contributed by atoms with Gasteiger partial charge in [0.2, 0.25) is 21.6 Å². The van der Waals surface area contributed by atoms with Crippen LogP contribution in [-0.4, -0.2) is 56.7 Å². The molecular weight excluding hydrogens is 604 g/mol. The highest BCUT2D eigenvalue weighted by Crippen LogP contribution is 2.32. The molecule has 39 heavy (non-hydrogen) atoms. The summed E-state index contributed by atoms with van der Waals surface area (Å²) in [5, 5.41) is 6.76. The van der Waals surface area contributed by atoms with Crippen molar-refractivity contribution in [2.45, 2.75) is 4.90 Å². The van der Waals surface area contributed by atoms with Crippen LogP contribution in [0, 0.1) is 0 Å². The first-order valence-corrected chi connectivity index (χ1v) is 15.2. The molecule has 0 unspecified atom stereocenters. The minimum atomic E-state index is -3.58. The number of aromatic nitrogens is 1. The van der Waals surface area contributed by atoms with E-state index in [0.29, 0.717) is 48.3 Å². The Labute approximate surface area is 237 Å². The lowest BCUT2D eigenvalue weighted by atomic mass is 10.2. The van der Waals surface area contributed by atoms with E-state index in [4.69, 9.17) is 24.3 Å². The molecule has 1 aromatic heterocycles. The van der Waals surface area contributed by atoms with Crippen molar-refractivity contribution in [1.82, 2.24) is 8.98 Å². The number of ether oxygens (including phenoxy) is 3. The van der Waals surface area contributed by atoms with E-state index in [2.05, 4.69) is 15.9 Å². The molecule has 1 saturated heterocycles. The zero-order valence-corrected chi connectivity index (χ0v) is 23.8. The number of fused-ring (bicyclic) bond motifs is 1. The van der Waals surface area contributed by atoms with Crippen LogP contribution in [0.3, 0.4) is 0 Å². The average molecular weight is 628 g/mol. The normalized spacial score (nSPS) is 16.3. The highest BCUT2D eigenvalue weighted by atomic mass is 79.9. The zero-order chi connectivity index (χ0) is 26.8. The first-order chi connectivity index (χ1) is 19.0. The van der Waals surface area contributed by atoms with Gasteiger partial charge in [0.05, 0.1) is 35.7 Å². The van der Waals surface area contributed by atoms with Crippen LogP contribution in [0.25, 0.3) is 11.3 Å². The number of thiazole rings is 1. The summed E-state index contributed by atoms with van der Waals surface area (Å²) < 4.78 is 46.3. The summed E-state index contributed by atoms with van der Waals surface area (Å²) in [6, 6.07) is 20.2. The third-order valence-electron chi connectivity index (χ3n) is 6.19. The summed E-state index contributed by atoms with van der Waals surface area (Å²) in [7, 11) is -3.58. The number of morpholine rings is 1. The number of sulfonamides is 1. The number of halogens is 1. The number of nitrogens with zero attached hydrogens (tertiary/aromatic N) is 4. The first kappa shape index (κ1) is 26.0. The molecule has 0 bridgehead atoms. The topological polar surface area (TPSA) is 94.7 Å². The maximum atomic E-state index is 13.0. The minimum Gasteiger partial charge on any atom is -0.454 e. The molecule has 0 atom stereocenters. The van der Waals surface area contributed by atoms with Crippen molar-refractivity contribution in [2.75, 3.05) is 33.1 Å². The Morgan fingerprint density at radius 1 is 0.949 bits per heavy atom. The van der Waals surface area contributed by atoms with E-state index >= 15 is 0 Å². The molecule has 0 radical (unpaired) electrons. The lowest BCUT2D eigenvalue weighted by molar-refractivity contribution is 0.0730. The van der Waals surface area contributed by atoms with Gasteiger partial charge in [-0.05, 0) is 60.2 Å². The highest BCUT2D eigenvalue weighted by molar-refractivity contribution is 9.10. The Bertz CT molecular complexity index is 1710. The van der Waals surface area contributed by atoms with Crippen molar-refractivity contribution in [2.24, 2.45) is 10.1 Å². The molecule has 0 saturated carbocycles. The van der Waals surface area contributed by atoms with Gasteiger partial charge < -0.3 is 14.2 Å². The fourth-order valence-corrected chi connectivity index (χ4v) is 6.86. The molecule has 0 amide bonds. The summed E-state index contributed by atoms with van der Waals surface area (Å²) in [4.78, 5) is 5.66. The summed E-state index contributed by atoms with van der Waals surface area (Å²) >= 11 is 4.99. The lowest BCUT2D eigenvalue weighted by Crippen LogP contribution is -2.40. The molecule has 4 aromatic rings. The molecule has 0 spiro atoms. The SMILES string of the molecule is O=S(=O)(c1ccc(N=c2scc(-c3cccc(Br)c3)n2N=Cc2ccc3c(c2)OCO3)cc1)N1CCOCC1. The van der Waals surface area contributed by atoms with Gasteiger partial charge in [0.25, 0.3) is 0 Å². The van der Waals surface area contributed by atoms with Crippen LogP contribution >= 0.6 is 27.3 Å². The molecule has 0 aliphatic carbocycles. The van der Waals surface area contributed by atoms with Crippen LogP contribution in [0.4, 0.5) is 5.69 Å². The van der Waals surface area contributed by atoms with Crippen LogP contribution in [0.1, 0.15) is 5.56 Å². The predicted molar refractivity (Wildman–Crippen MR) is 152 cm³/mol. The molecule has 9 nitrogen and oxygen atoms in total. The van der Waals surface area contributed by atoms with E-state index in [1.165, 1.54) is 15.6 Å². The zero-order valence-electron chi connectivity index (χ0n) is 20.6. The summed E-state index contributed by atoms with van der Waals surface area (Å²) in [6.45, 7) is 1.71. The molecular formula is C27H23BrN4O5S2. The second-order valence-electron chi connectivity index (χ2n) is 8.71. The van der Waals surface area contributed by atoms with Gasteiger partial charge in [0, 0.05) is 28.5 Å². The van der Waals surface area contributed by atoms with Gasteiger partial charge in [-0.2, -0.15) is 9.41 Å². The summed E-state index contributed by atoms with van der Waals surface area (Å²) in [6.07, 6.45) is 1.74. The maximum Gasteiger partial charge on any atom is 0.243 e. The van der Waals surface area contributed by atoms with Crippen molar-refractivity contribution >= 4 is 49.2 Å². The lowest BCUT2D eigenvalue weighted by Gasteiger charge is -2.26. The molecule has 1 fully saturated rings. The number of hydrogen-bond donors (Lipinski definition) is 0. The number of rotatable bonds is 6. The molecule has 0 N–H and O–H groups in total. The molecule has 3 aromatic carbocycles. The fourth-order valence-electron chi connectivity index (χ4n) is 4.19. The largest absolute Gasteiger partial charge is 0.454 e. The van der Waals surface area contributed by atoms with Crippen molar-refractivity contribution < 1.29 is 22.6 Å². The van der Waals surface area contributed by atoms with Gasteiger partial charge in [-0.25, -0.2) is 18.1 Å². The van der Waals surface area contributed by atoms with E-state index in [9.17, 15) is 8.42 Å². The Balaban J connectivity index is 1.36. The third-order valence-corrected chi connectivity index (χ3v) is 9.42. The number of benzene rings is 3. The predicted octanol–water partition coefficient (Wildman–Crippen LogP) is 4.84. The van der Waals surface area contributed by atoms with Gasteiger partial charge in [0.15, 0.2) is 11.5 Å². The van der Waals surface area contributed by atoms with Crippen LogP contribution in [0.15, 0.2) is 91.6 Å². The number of hydrogen-bond acceptors (Lipinski definition) is 8. The second kappa shape index (κ2) is 11.1. The van der Waals surface area contributed by atoms with Gasteiger partial charge in [0.1, 0.15) is 0 Å². The standard InChI is InChI=1S/C27H23BrN4O5S2/c28-21-3-1-2-20(15-21)24-17-38-27(32(24)29-16-19-4-9-25-26(14-19)37-18-36-25)30-22-5-7-23(8-6-22)39(33,34)31-10-12-35-13-11-31/h1-9,14-17H,10-13,18H2. The molecule has 12 heteroatoms. The van der Waals surface area contributed by atoms with Gasteiger partial charge >= 0.3 is 0 Å². The fraction of sp³-hybridized carbons (Fsp3) is 0.185. The van der Waals surface area contributed by atoms with Crippen LogP contribution in [0.5, 0.6) is 11.5 Å². The molecule has 200 valence electrons. The Kier molecular flexibility index (Phi) is 7.36. The Morgan fingerprint density at radius 3 is 2.54 bits per heavy atom. The van der Waals surface area contributed by atoms with E-state index < -0.39 is 10.0 Å². The third kappa shape index (κ3) is 5.56. The molecule has 6 rings (SSSR count). The van der Waals surface area contributed by atoms with Gasteiger partial charge in [-0.15, -0.1) is 11.3 Å². The maximum absolute atomic E-state index is 13.0. The summed E-state index contributed by atoms with van der Waals surface area (Å²) in [5.41, 5.74) is 3.30. The van der Waals surface area contributed by atoms with Crippen LogP contribution in [0.2, 0.25) is 0 Å². The van der Waals surface area contributed by atoms with Crippen molar-refractivity contribution in [3.63, 3.8) is 0 Å². The van der Waals surface area contributed by atoms with Crippen LogP contribution in [-0.2, 0) is 14.8 Å². The quantitative estimate of drug-likeness (QED) is 0.285.